The number of β-amino-alcohol motifs (C(OH)–C–C–N with tert-alkyl or cyclic N) is 1. The molecule has 5 atom stereocenters. The fourth-order valence-corrected chi connectivity index (χ4v) is 6.00. The van der Waals surface area contributed by atoms with E-state index in [1.165, 1.54) is 31.2 Å². The zero-order chi connectivity index (χ0) is 16.9. The fourth-order valence-electron chi connectivity index (χ4n) is 6.00. The molecule has 0 unspecified atom stereocenters. The van der Waals surface area contributed by atoms with E-state index in [0.29, 0.717) is 23.6 Å². The van der Waals surface area contributed by atoms with Crippen LogP contribution in [0.25, 0.3) is 0 Å². The molecule has 0 aromatic heterocycles. The average molecular weight is 342 g/mol. The highest BCUT2D eigenvalue weighted by molar-refractivity contribution is 5.19. The molecule has 2 aliphatic heterocycles. The van der Waals surface area contributed by atoms with Gasteiger partial charge >= 0.3 is 0 Å². The van der Waals surface area contributed by atoms with Gasteiger partial charge in [0.2, 0.25) is 0 Å². The lowest BCUT2D eigenvalue weighted by molar-refractivity contribution is -0.176. The van der Waals surface area contributed by atoms with Gasteiger partial charge in [0.25, 0.3) is 0 Å². The summed E-state index contributed by atoms with van der Waals surface area (Å²) in [4.78, 5) is 2.46. The summed E-state index contributed by atoms with van der Waals surface area (Å²) in [5.74, 6) is 0.731. The maximum Gasteiger partial charge on any atom is 0.0690 e. The lowest BCUT2D eigenvalue weighted by atomic mass is 9.46. The molecule has 4 nitrogen and oxygen atoms in total. The van der Waals surface area contributed by atoms with Crippen molar-refractivity contribution in [3.05, 3.63) is 35.9 Å². The molecular formula is C21H30N2O2. The monoisotopic (exact) mass is 342 g/mol. The third-order valence-electron chi connectivity index (χ3n) is 7.34. The Morgan fingerprint density at radius 3 is 2.84 bits per heavy atom. The number of likely N-dealkylation sites (tertiary alicyclic amines) is 1. The van der Waals surface area contributed by atoms with Crippen molar-refractivity contribution < 1.29 is 9.84 Å². The summed E-state index contributed by atoms with van der Waals surface area (Å²) >= 11 is 0. The first-order chi connectivity index (χ1) is 12.3. The molecule has 2 saturated heterocycles. The van der Waals surface area contributed by atoms with Gasteiger partial charge in [-0.25, -0.2) is 0 Å². The van der Waals surface area contributed by atoms with Gasteiger partial charge in [0, 0.05) is 49.7 Å². The number of hydrogen-bond acceptors (Lipinski definition) is 4. The summed E-state index contributed by atoms with van der Waals surface area (Å²) in [6, 6.07) is 11.7. The minimum Gasteiger partial charge on any atom is -0.392 e. The Morgan fingerprint density at radius 2 is 2.08 bits per heavy atom. The van der Waals surface area contributed by atoms with Crippen molar-refractivity contribution in [1.82, 2.24) is 10.2 Å². The van der Waals surface area contributed by atoms with Crippen LogP contribution in [0.5, 0.6) is 0 Å². The minimum atomic E-state index is -0.183. The van der Waals surface area contributed by atoms with E-state index in [4.69, 9.17) is 4.74 Å². The molecule has 5 rings (SSSR count). The maximum absolute atomic E-state index is 10.2. The van der Waals surface area contributed by atoms with Crippen LogP contribution in [0.15, 0.2) is 30.3 Å². The molecule has 1 spiro atoms. The number of nitrogens with one attached hydrogen (secondary N) is 1. The normalized spacial score (nSPS) is 39.2. The van der Waals surface area contributed by atoms with Gasteiger partial charge in [0.1, 0.15) is 0 Å². The van der Waals surface area contributed by atoms with Crippen molar-refractivity contribution in [2.24, 2.45) is 11.3 Å². The van der Waals surface area contributed by atoms with Crippen LogP contribution in [-0.2, 0) is 11.3 Å². The molecule has 4 fully saturated rings. The van der Waals surface area contributed by atoms with Crippen LogP contribution >= 0.6 is 0 Å². The largest absolute Gasteiger partial charge is 0.392 e. The van der Waals surface area contributed by atoms with Gasteiger partial charge in [-0.3, -0.25) is 4.90 Å². The zero-order valence-corrected chi connectivity index (χ0v) is 14.9. The molecule has 0 radical (unpaired) electrons. The van der Waals surface area contributed by atoms with Gasteiger partial charge in [-0.05, 0) is 31.2 Å². The summed E-state index contributed by atoms with van der Waals surface area (Å²) in [5, 5.41) is 14.1. The molecule has 2 N–H and O–H groups in total. The molecule has 25 heavy (non-hydrogen) atoms. The summed E-state index contributed by atoms with van der Waals surface area (Å²) in [6.45, 7) is 3.69. The Hall–Kier alpha value is -0.940. The molecule has 1 aromatic rings. The van der Waals surface area contributed by atoms with Gasteiger partial charge < -0.3 is 15.2 Å². The first-order valence-corrected chi connectivity index (χ1v) is 10.1. The van der Waals surface area contributed by atoms with Crippen LogP contribution in [0.4, 0.5) is 0 Å². The number of aliphatic hydroxyl groups excluding tert-OH is 1. The van der Waals surface area contributed by atoms with Crippen LogP contribution in [0, 0.1) is 11.3 Å². The molecule has 2 saturated carbocycles. The lowest BCUT2D eigenvalue weighted by Gasteiger charge is -2.63. The van der Waals surface area contributed by atoms with Crippen molar-refractivity contribution in [2.45, 2.75) is 62.9 Å². The second kappa shape index (κ2) is 6.34. The van der Waals surface area contributed by atoms with Gasteiger partial charge in [0.05, 0.1) is 12.2 Å². The van der Waals surface area contributed by atoms with E-state index < -0.39 is 0 Å². The fraction of sp³-hybridized carbons (Fsp3) is 0.714. The molecule has 0 bridgehead atoms. The number of rotatable bonds is 5. The van der Waals surface area contributed by atoms with Crippen molar-refractivity contribution in [2.75, 3.05) is 19.7 Å². The molecule has 4 aliphatic rings. The Kier molecular flexibility index (Phi) is 4.12. The highest BCUT2D eigenvalue weighted by atomic mass is 16.5. The van der Waals surface area contributed by atoms with E-state index in [2.05, 4.69) is 40.5 Å². The Bertz CT molecular complexity index is 603. The summed E-state index contributed by atoms with van der Waals surface area (Å²) in [6.07, 6.45) is 6.52. The topological polar surface area (TPSA) is 44.7 Å². The standard InChI is InChI=1S/C21H30N2O2/c24-17-11-16(23(14-17)13-15-5-2-1-3-6-15)12-22-19-18-7-10-25-20(18)21(19)8-4-9-21/h1-3,5-6,16-20,22,24H,4,7-14H2/t16-,17-,18-,19-,20+/m1/s1. The number of hydrogen-bond donors (Lipinski definition) is 2. The summed E-state index contributed by atoms with van der Waals surface area (Å²) in [7, 11) is 0. The molecule has 2 aliphatic carbocycles. The number of nitrogens with zero attached hydrogens (tertiary/aromatic N) is 1. The Balaban J connectivity index is 1.22. The number of fused-ring (bicyclic) bond motifs is 2. The highest BCUT2D eigenvalue weighted by Gasteiger charge is 2.66. The predicted octanol–water partition coefficient (Wildman–Crippen LogP) is 2.17. The predicted molar refractivity (Wildman–Crippen MR) is 97.2 cm³/mol. The van der Waals surface area contributed by atoms with Crippen LogP contribution < -0.4 is 5.32 Å². The second-order valence-electron chi connectivity index (χ2n) is 8.67. The minimum absolute atomic E-state index is 0.183. The number of aliphatic hydroxyl groups is 1. The van der Waals surface area contributed by atoms with E-state index in [1.54, 1.807) is 0 Å². The summed E-state index contributed by atoms with van der Waals surface area (Å²) in [5.41, 5.74) is 1.79. The van der Waals surface area contributed by atoms with E-state index in [-0.39, 0.29) is 6.10 Å². The van der Waals surface area contributed by atoms with Gasteiger partial charge in [0.15, 0.2) is 0 Å². The molecular weight excluding hydrogens is 312 g/mol. The summed E-state index contributed by atoms with van der Waals surface area (Å²) < 4.78 is 6.04. The van der Waals surface area contributed by atoms with Crippen molar-refractivity contribution >= 4 is 0 Å². The SMILES string of the molecule is O[C@@H]1C[C@H](CN[C@@H]2[C@H]3CCO[C@@H]3C23CCC3)N(Cc2ccccc2)C1. The maximum atomic E-state index is 10.2. The van der Waals surface area contributed by atoms with E-state index in [1.807, 2.05) is 0 Å². The number of ether oxygens (including phenoxy) is 1. The quantitative estimate of drug-likeness (QED) is 0.861. The van der Waals surface area contributed by atoms with Crippen LogP contribution in [0.2, 0.25) is 0 Å². The van der Waals surface area contributed by atoms with Crippen molar-refractivity contribution in [1.29, 1.82) is 0 Å². The number of benzene rings is 1. The molecule has 0 amide bonds. The second-order valence-corrected chi connectivity index (χ2v) is 8.67. The Morgan fingerprint density at radius 1 is 1.24 bits per heavy atom. The first kappa shape index (κ1) is 16.2. The van der Waals surface area contributed by atoms with Gasteiger partial charge in [-0.1, -0.05) is 36.8 Å². The highest BCUT2D eigenvalue weighted by Crippen LogP contribution is 2.62. The van der Waals surface area contributed by atoms with Crippen molar-refractivity contribution in [3.8, 4) is 0 Å². The smallest absolute Gasteiger partial charge is 0.0690 e. The van der Waals surface area contributed by atoms with Gasteiger partial charge in [-0.2, -0.15) is 0 Å². The van der Waals surface area contributed by atoms with Crippen molar-refractivity contribution in [3.63, 3.8) is 0 Å². The van der Waals surface area contributed by atoms with Crippen LogP contribution in [-0.4, -0.2) is 54.0 Å². The molecule has 136 valence electrons. The molecule has 4 heteroatoms. The van der Waals surface area contributed by atoms with Crippen LogP contribution in [0.1, 0.15) is 37.7 Å². The van der Waals surface area contributed by atoms with E-state index in [0.717, 1.165) is 38.6 Å². The van der Waals surface area contributed by atoms with E-state index >= 15 is 0 Å². The third kappa shape index (κ3) is 2.66. The van der Waals surface area contributed by atoms with E-state index in [9.17, 15) is 5.11 Å². The molecule has 2 heterocycles. The first-order valence-electron chi connectivity index (χ1n) is 10.1. The Labute approximate surface area is 150 Å². The average Bonchev–Trinajstić information content (AvgIpc) is 3.12. The van der Waals surface area contributed by atoms with Gasteiger partial charge in [-0.15, -0.1) is 0 Å². The third-order valence-corrected chi connectivity index (χ3v) is 7.34. The zero-order valence-electron chi connectivity index (χ0n) is 14.9. The molecule has 1 aromatic carbocycles. The lowest BCUT2D eigenvalue weighted by Crippen LogP contribution is -2.71. The van der Waals surface area contributed by atoms with Crippen LogP contribution in [0.3, 0.4) is 0 Å².